The SMILES string of the molecule is C[C@H](NCc1csc(-c2ccccn2)n1)c1ccncc1. The van der Waals surface area contributed by atoms with E-state index < -0.39 is 0 Å². The van der Waals surface area contributed by atoms with Crippen LogP contribution in [-0.4, -0.2) is 15.0 Å². The molecular formula is C16H16N4S. The second-order valence-electron chi connectivity index (χ2n) is 4.74. The van der Waals surface area contributed by atoms with E-state index in [0.29, 0.717) is 0 Å². The normalized spacial score (nSPS) is 12.2. The lowest BCUT2D eigenvalue weighted by molar-refractivity contribution is 0.569. The van der Waals surface area contributed by atoms with E-state index in [2.05, 4.69) is 32.6 Å². The molecule has 0 radical (unpaired) electrons. The lowest BCUT2D eigenvalue weighted by Gasteiger charge is -2.12. The Hall–Kier alpha value is -2.11. The van der Waals surface area contributed by atoms with Crippen LogP contribution in [-0.2, 0) is 6.54 Å². The number of hydrogen-bond donors (Lipinski definition) is 1. The average Bonchev–Trinajstić information content (AvgIpc) is 3.03. The first kappa shape index (κ1) is 13.9. The van der Waals surface area contributed by atoms with E-state index in [1.165, 1.54) is 5.56 Å². The molecule has 106 valence electrons. The van der Waals surface area contributed by atoms with Gasteiger partial charge >= 0.3 is 0 Å². The molecule has 0 aromatic carbocycles. The van der Waals surface area contributed by atoms with Crippen LogP contribution in [0.1, 0.15) is 24.2 Å². The van der Waals surface area contributed by atoms with Gasteiger partial charge in [0.25, 0.3) is 0 Å². The number of aromatic nitrogens is 3. The molecule has 3 aromatic heterocycles. The molecule has 5 heteroatoms. The maximum Gasteiger partial charge on any atom is 0.142 e. The van der Waals surface area contributed by atoms with Gasteiger partial charge in [0, 0.05) is 36.6 Å². The van der Waals surface area contributed by atoms with Gasteiger partial charge in [-0.1, -0.05) is 6.07 Å². The van der Waals surface area contributed by atoms with E-state index in [9.17, 15) is 0 Å². The number of nitrogens with zero attached hydrogens (tertiary/aromatic N) is 3. The Morgan fingerprint density at radius 2 is 2.00 bits per heavy atom. The predicted molar refractivity (Wildman–Crippen MR) is 84.8 cm³/mol. The van der Waals surface area contributed by atoms with Gasteiger partial charge < -0.3 is 5.32 Å². The van der Waals surface area contributed by atoms with Gasteiger partial charge in [-0.3, -0.25) is 9.97 Å². The highest BCUT2D eigenvalue weighted by Crippen LogP contribution is 2.21. The molecule has 0 saturated carbocycles. The molecule has 1 N–H and O–H groups in total. The summed E-state index contributed by atoms with van der Waals surface area (Å²) >= 11 is 1.63. The Labute approximate surface area is 127 Å². The van der Waals surface area contributed by atoms with Crippen LogP contribution in [0.25, 0.3) is 10.7 Å². The first-order valence-electron chi connectivity index (χ1n) is 6.82. The highest BCUT2D eigenvalue weighted by Gasteiger charge is 2.08. The van der Waals surface area contributed by atoms with Crippen LogP contribution in [0.3, 0.4) is 0 Å². The van der Waals surface area contributed by atoms with E-state index >= 15 is 0 Å². The molecule has 0 fully saturated rings. The van der Waals surface area contributed by atoms with Gasteiger partial charge in [0.05, 0.1) is 11.4 Å². The number of pyridine rings is 2. The minimum atomic E-state index is 0.271. The van der Waals surface area contributed by atoms with E-state index in [1.807, 2.05) is 42.7 Å². The zero-order valence-electron chi connectivity index (χ0n) is 11.7. The smallest absolute Gasteiger partial charge is 0.142 e. The van der Waals surface area contributed by atoms with Crippen LogP contribution in [0.2, 0.25) is 0 Å². The van der Waals surface area contributed by atoms with Crippen molar-refractivity contribution in [2.45, 2.75) is 19.5 Å². The third kappa shape index (κ3) is 3.51. The molecule has 1 atom stereocenters. The standard InChI is InChI=1S/C16H16N4S/c1-12(13-5-8-17-9-6-13)19-10-14-11-21-16(20-14)15-4-2-3-7-18-15/h2-9,11-12,19H,10H2,1H3/t12-/m0/s1. The van der Waals surface area contributed by atoms with E-state index in [0.717, 1.165) is 22.9 Å². The number of rotatable bonds is 5. The van der Waals surface area contributed by atoms with Crippen molar-refractivity contribution in [3.05, 3.63) is 65.6 Å². The van der Waals surface area contributed by atoms with Crippen molar-refractivity contribution in [1.29, 1.82) is 0 Å². The Bertz CT molecular complexity index is 682. The fourth-order valence-electron chi connectivity index (χ4n) is 2.02. The third-order valence-corrected chi connectivity index (χ3v) is 4.14. The van der Waals surface area contributed by atoms with Crippen molar-refractivity contribution in [3.63, 3.8) is 0 Å². The summed E-state index contributed by atoms with van der Waals surface area (Å²) in [5.74, 6) is 0. The summed E-state index contributed by atoms with van der Waals surface area (Å²) < 4.78 is 0. The van der Waals surface area contributed by atoms with Crippen LogP contribution in [0.5, 0.6) is 0 Å². The lowest BCUT2D eigenvalue weighted by Crippen LogP contribution is -2.18. The van der Waals surface area contributed by atoms with Gasteiger partial charge in [-0.2, -0.15) is 0 Å². The quantitative estimate of drug-likeness (QED) is 0.783. The first-order chi connectivity index (χ1) is 10.3. The van der Waals surface area contributed by atoms with Crippen LogP contribution in [0.4, 0.5) is 0 Å². The molecule has 21 heavy (non-hydrogen) atoms. The van der Waals surface area contributed by atoms with Crippen molar-refractivity contribution in [2.75, 3.05) is 0 Å². The minimum absolute atomic E-state index is 0.271. The van der Waals surface area contributed by atoms with Gasteiger partial charge in [-0.05, 0) is 36.8 Å². The molecule has 4 nitrogen and oxygen atoms in total. The second-order valence-corrected chi connectivity index (χ2v) is 5.60. The van der Waals surface area contributed by atoms with E-state index in [1.54, 1.807) is 17.5 Å². The van der Waals surface area contributed by atoms with Gasteiger partial charge in [0.1, 0.15) is 5.01 Å². The molecule has 0 aliphatic rings. The largest absolute Gasteiger partial charge is 0.305 e. The van der Waals surface area contributed by atoms with Crippen molar-refractivity contribution >= 4 is 11.3 Å². The molecule has 0 spiro atoms. The summed E-state index contributed by atoms with van der Waals surface area (Å²) in [6.07, 6.45) is 5.42. The molecule has 3 rings (SSSR count). The maximum absolute atomic E-state index is 4.63. The van der Waals surface area contributed by atoms with Crippen LogP contribution >= 0.6 is 11.3 Å². The monoisotopic (exact) mass is 296 g/mol. The molecule has 0 aliphatic heterocycles. The predicted octanol–water partition coefficient (Wildman–Crippen LogP) is 3.45. The Morgan fingerprint density at radius 3 is 2.76 bits per heavy atom. The van der Waals surface area contributed by atoms with Crippen LogP contribution < -0.4 is 5.32 Å². The van der Waals surface area contributed by atoms with E-state index in [4.69, 9.17) is 0 Å². The summed E-state index contributed by atoms with van der Waals surface area (Å²) in [5, 5.41) is 6.52. The number of thiazole rings is 1. The van der Waals surface area contributed by atoms with E-state index in [-0.39, 0.29) is 6.04 Å². The van der Waals surface area contributed by atoms with Gasteiger partial charge in [0.2, 0.25) is 0 Å². The molecular weight excluding hydrogens is 280 g/mol. The third-order valence-electron chi connectivity index (χ3n) is 3.23. The summed E-state index contributed by atoms with van der Waals surface area (Å²) in [6.45, 7) is 2.88. The molecule has 3 heterocycles. The van der Waals surface area contributed by atoms with Crippen molar-refractivity contribution in [2.24, 2.45) is 0 Å². The Morgan fingerprint density at radius 1 is 1.14 bits per heavy atom. The fraction of sp³-hybridized carbons (Fsp3) is 0.188. The number of hydrogen-bond acceptors (Lipinski definition) is 5. The summed E-state index contributed by atoms with van der Waals surface area (Å²) in [4.78, 5) is 13.0. The van der Waals surface area contributed by atoms with Crippen molar-refractivity contribution in [3.8, 4) is 10.7 Å². The highest BCUT2D eigenvalue weighted by molar-refractivity contribution is 7.13. The fourth-order valence-corrected chi connectivity index (χ4v) is 2.82. The van der Waals surface area contributed by atoms with Gasteiger partial charge in [0.15, 0.2) is 0 Å². The van der Waals surface area contributed by atoms with Crippen LogP contribution in [0.15, 0.2) is 54.3 Å². The lowest BCUT2D eigenvalue weighted by atomic mass is 10.1. The average molecular weight is 296 g/mol. The zero-order chi connectivity index (χ0) is 14.5. The highest BCUT2D eigenvalue weighted by atomic mass is 32.1. The molecule has 0 bridgehead atoms. The summed E-state index contributed by atoms with van der Waals surface area (Å²) in [7, 11) is 0. The molecule has 0 unspecified atom stereocenters. The molecule has 0 amide bonds. The van der Waals surface area contributed by atoms with Gasteiger partial charge in [-0.15, -0.1) is 11.3 Å². The molecule has 3 aromatic rings. The minimum Gasteiger partial charge on any atom is -0.305 e. The van der Waals surface area contributed by atoms with Crippen LogP contribution in [0, 0.1) is 0 Å². The molecule has 0 saturated heterocycles. The van der Waals surface area contributed by atoms with Crippen molar-refractivity contribution in [1.82, 2.24) is 20.3 Å². The Kier molecular flexibility index (Phi) is 4.33. The van der Waals surface area contributed by atoms with Crippen molar-refractivity contribution < 1.29 is 0 Å². The summed E-state index contributed by atoms with van der Waals surface area (Å²) in [5.41, 5.74) is 3.20. The topological polar surface area (TPSA) is 50.7 Å². The number of nitrogens with one attached hydrogen (secondary N) is 1. The Balaban J connectivity index is 1.63. The maximum atomic E-state index is 4.63. The van der Waals surface area contributed by atoms with Gasteiger partial charge in [-0.25, -0.2) is 4.98 Å². The summed E-state index contributed by atoms with van der Waals surface area (Å²) in [6, 6.07) is 10.2. The second kappa shape index (κ2) is 6.56. The molecule has 0 aliphatic carbocycles. The zero-order valence-corrected chi connectivity index (χ0v) is 12.5. The first-order valence-corrected chi connectivity index (χ1v) is 7.70.